The summed E-state index contributed by atoms with van der Waals surface area (Å²) in [6.07, 6.45) is 4.39. The number of likely N-dealkylation sites (tertiary alicyclic amines) is 1. The van der Waals surface area contributed by atoms with Gasteiger partial charge in [-0.15, -0.1) is 0 Å². The van der Waals surface area contributed by atoms with Crippen LogP contribution < -0.4 is 5.56 Å². The molecule has 180 valence electrons. The van der Waals surface area contributed by atoms with Gasteiger partial charge in [0.25, 0.3) is 5.56 Å². The fourth-order valence-corrected chi connectivity index (χ4v) is 5.12. The molecule has 1 aromatic heterocycles. The third-order valence-electron chi connectivity index (χ3n) is 6.96. The summed E-state index contributed by atoms with van der Waals surface area (Å²) >= 11 is 6.01. The van der Waals surface area contributed by atoms with Crippen molar-refractivity contribution in [2.24, 2.45) is 0 Å². The third-order valence-corrected chi connectivity index (χ3v) is 7.21. The molecule has 4 nitrogen and oxygen atoms in total. The van der Waals surface area contributed by atoms with Gasteiger partial charge in [-0.1, -0.05) is 54.1 Å². The predicted octanol–water partition coefficient (Wildman–Crippen LogP) is 6.05. The molecule has 1 aliphatic rings. The average Bonchev–Trinajstić information content (AvgIpc) is 3.12. The van der Waals surface area contributed by atoms with Crippen molar-refractivity contribution in [3.8, 4) is 0 Å². The number of rotatable bonds is 6. The first-order valence-electron chi connectivity index (χ1n) is 12.3. The molecule has 1 fully saturated rings. The lowest BCUT2D eigenvalue weighted by Gasteiger charge is -2.21. The first kappa shape index (κ1) is 23.7. The Hall–Kier alpha value is -3.02. The highest BCUT2D eigenvalue weighted by Gasteiger charge is 2.22. The summed E-state index contributed by atoms with van der Waals surface area (Å²) in [6.45, 7) is 2.95. The van der Waals surface area contributed by atoms with Crippen molar-refractivity contribution in [1.82, 2.24) is 14.7 Å². The van der Waals surface area contributed by atoms with Crippen molar-refractivity contribution in [1.29, 1.82) is 0 Å². The second-order valence-electron chi connectivity index (χ2n) is 9.35. The van der Waals surface area contributed by atoms with E-state index in [0.29, 0.717) is 11.8 Å². The van der Waals surface area contributed by atoms with E-state index in [9.17, 15) is 9.18 Å². The lowest BCUT2D eigenvalue weighted by molar-refractivity contribution is 0.281. The fraction of sp³-hybridized carbons (Fsp3) is 0.310. The highest BCUT2D eigenvalue weighted by molar-refractivity contribution is 6.30. The topological polar surface area (TPSA) is 38.1 Å². The molecule has 1 unspecified atom stereocenters. The molecule has 0 spiro atoms. The van der Waals surface area contributed by atoms with E-state index in [2.05, 4.69) is 17.0 Å². The summed E-state index contributed by atoms with van der Waals surface area (Å²) in [7, 11) is 0. The number of fused-ring (bicyclic) bond motifs is 1. The van der Waals surface area contributed by atoms with Gasteiger partial charge < -0.3 is 4.90 Å². The van der Waals surface area contributed by atoms with Gasteiger partial charge in [0.15, 0.2) is 0 Å². The highest BCUT2D eigenvalue weighted by Crippen LogP contribution is 2.24. The molecule has 0 radical (unpaired) electrons. The molecule has 5 rings (SSSR count). The fourth-order valence-electron chi connectivity index (χ4n) is 4.99. The quantitative estimate of drug-likeness (QED) is 0.331. The SMILES string of the molecule is O=c1c2ccccc2c(Cc2ccc(F)cc2)nn1C1CCCN(CCc2ccc(Cl)cc2)CC1. The molecule has 35 heavy (non-hydrogen) atoms. The van der Waals surface area contributed by atoms with Crippen molar-refractivity contribution < 1.29 is 4.39 Å². The van der Waals surface area contributed by atoms with E-state index in [1.54, 1.807) is 16.8 Å². The summed E-state index contributed by atoms with van der Waals surface area (Å²) in [5, 5.41) is 7.22. The number of benzene rings is 3. The Morgan fingerprint density at radius 1 is 0.886 bits per heavy atom. The molecule has 4 aromatic rings. The van der Waals surface area contributed by atoms with Crippen LogP contribution >= 0.6 is 11.6 Å². The van der Waals surface area contributed by atoms with Crippen LogP contribution in [0.2, 0.25) is 5.02 Å². The van der Waals surface area contributed by atoms with Gasteiger partial charge in [0.05, 0.1) is 17.1 Å². The zero-order chi connectivity index (χ0) is 24.2. The number of aromatic nitrogens is 2. The maximum absolute atomic E-state index is 13.4. The van der Waals surface area contributed by atoms with E-state index >= 15 is 0 Å². The zero-order valence-electron chi connectivity index (χ0n) is 19.7. The van der Waals surface area contributed by atoms with E-state index in [-0.39, 0.29) is 17.4 Å². The van der Waals surface area contributed by atoms with Gasteiger partial charge in [0.1, 0.15) is 5.82 Å². The maximum Gasteiger partial charge on any atom is 0.274 e. The monoisotopic (exact) mass is 489 g/mol. The Balaban J connectivity index is 1.36. The summed E-state index contributed by atoms with van der Waals surface area (Å²) in [5.41, 5.74) is 3.09. The Morgan fingerprint density at radius 3 is 2.37 bits per heavy atom. The summed E-state index contributed by atoms with van der Waals surface area (Å²) < 4.78 is 15.1. The Kier molecular flexibility index (Phi) is 7.26. The van der Waals surface area contributed by atoms with Crippen LogP contribution in [-0.2, 0) is 12.8 Å². The van der Waals surface area contributed by atoms with Crippen LogP contribution in [0.4, 0.5) is 4.39 Å². The Morgan fingerprint density at radius 2 is 1.60 bits per heavy atom. The van der Waals surface area contributed by atoms with E-state index in [4.69, 9.17) is 16.7 Å². The number of hydrogen-bond donors (Lipinski definition) is 0. The molecule has 0 aliphatic carbocycles. The second-order valence-corrected chi connectivity index (χ2v) is 9.78. The number of halogens is 2. The third kappa shape index (κ3) is 5.63. The van der Waals surface area contributed by atoms with E-state index < -0.39 is 0 Å². The van der Waals surface area contributed by atoms with Gasteiger partial charge in [0.2, 0.25) is 0 Å². The van der Waals surface area contributed by atoms with Gasteiger partial charge >= 0.3 is 0 Å². The minimum atomic E-state index is -0.254. The van der Waals surface area contributed by atoms with Gasteiger partial charge in [0, 0.05) is 29.9 Å². The lowest BCUT2D eigenvalue weighted by atomic mass is 10.0. The van der Waals surface area contributed by atoms with Crippen molar-refractivity contribution >= 4 is 22.4 Å². The van der Waals surface area contributed by atoms with Crippen molar-refractivity contribution in [2.75, 3.05) is 19.6 Å². The maximum atomic E-state index is 13.4. The minimum Gasteiger partial charge on any atom is -0.303 e. The molecule has 2 heterocycles. The predicted molar refractivity (Wildman–Crippen MR) is 140 cm³/mol. The molecular formula is C29H29ClFN3O. The molecule has 3 aromatic carbocycles. The van der Waals surface area contributed by atoms with Crippen molar-refractivity contribution in [3.05, 3.63) is 111 Å². The van der Waals surface area contributed by atoms with Crippen LogP contribution in [0.1, 0.15) is 42.1 Å². The first-order chi connectivity index (χ1) is 17.1. The van der Waals surface area contributed by atoms with Crippen LogP contribution in [0, 0.1) is 5.82 Å². The smallest absolute Gasteiger partial charge is 0.274 e. The van der Waals surface area contributed by atoms with E-state index in [1.165, 1.54) is 17.7 Å². The molecule has 6 heteroatoms. The van der Waals surface area contributed by atoms with Crippen molar-refractivity contribution in [2.45, 2.75) is 38.1 Å². The summed E-state index contributed by atoms with van der Waals surface area (Å²) in [5.74, 6) is -0.254. The highest BCUT2D eigenvalue weighted by atomic mass is 35.5. The second kappa shape index (κ2) is 10.7. The van der Waals surface area contributed by atoms with Crippen LogP contribution in [0.5, 0.6) is 0 Å². The molecule has 0 saturated carbocycles. The van der Waals surface area contributed by atoms with E-state index in [0.717, 1.165) is 67.0 Å². The molecule has 0 amide bonds. The molecule has 1 aliphatic heterocycles. The lowest BCUT2D eigenvalue weighted by Crippen LogP contribution is -2.30. The van der Waals surface area contributed by atoms with Crippen LogP contribution in [0.25, 0.3) is 10.8 Å². The van der Waals surface area contributed by atoms with Crippen LogP contribution in [0.15, 0.2) is 77.6 Å². The summed E-state index contributed by atoms with van der Waals surface area (Å²) in [6, 6.07) is 22.3. The molecule has 0 N–H and O–H groups in total. The standard InChI is InChI=1S/C29H29ClFN3O/c30-23-11-7-21(8-12-23)15-18-33-17-3-4-25(16-19-33)34-29(35)27-6-2-1-5-26(27)28(32-34)20-22-9-13-24(31)14-10-22/h1-2,5-14,25H,3-4,15-20H2. The summed E-state index contributed by atoms with van der Waals surface area (Å²) in [4.78, 5) is 15.9. The Bertz CT molecular complexity index is 1350. The Labute approximate surface area is 210 Å². The van der Waals surface area contributed by atoms with Gasteiger partial charge in [-0.3, -0.25) is 4.79 Å². The van der Waals surface area contributed by atoms with Gasteiger partial charge in [-0.25, -0.2) is 9.07 Å². The number of hydrogen-bond acceptors (Lipinski definition) is 3. The largest absolute Gasteiger partial charge is 0.303 e. The molecular weight excluding hydrogens is 461 g/mol. The molecule has 1 atom stereocenters. The van der Waals surface area contributed by atoms with E-state index in [1.807, 2.05) is 36.4 Å². The van der Waals surface area contributed by atoms with Gasteiger partial charge in [-0.2, -0.15) is 5.10 Å². The zero-order valence-corrected chi connectivity index (χ0v) is 20.4. The molecule has 1 saturated heterocycles. The van der Waals surface area contributed by atoms with Crippen LogP contribution in [-0.4, -0.2) is 34.3 Å². The normalized spacial score (nSPS) is 16.9. The number of nitrogens with zero attached hydrogens (tertiary/aromatic N) is 3. The van der Waals surface area contributed by atoms with Crippen molar-refractivity contribution in [3.63, 3.8) is 0 Å². The van der Waals surface area contributed by atoms with Crippen LogP contribution in [0.3, 0.4) is 0 Å². The average molecular weight is 490 g/mol. The molecule has 0 bridgehead atoms. The minimum absolute atomic E-state index is 0.0249. The first-order valence-corrected chi connectivity index (χ1v) is 12.7. The van der Waals surface area contributed by atoms with Gasteiger partial charge in [-0.05, 0) is 73.7 Å².